The number of hydrogen-bond acceptors (Lipinski definition) is 4. The minimum atomic E-state index is -0.798. The zero-order chi connectivity index (χ0) is 15.5. The van der Waals surface area contributed by atoms with Crippen molar-refractivity contribution in [3.05, 3.63) is 23.8 Å². The van der Waals surface area contributed by atoms with Crippen LogP contribution in [0.15, 0.2) is 18.2 Å². The van der Waals surface area contributed by atoms with Gasteiger partial charge >= 0.3 is 5.97 Å². The lowest BCUT2D eigenvalue weighted by molar-refractivity contribution is -0.146. The molecule has 1 atom stereocenters. The molecule has 21 heavy (non-hydrogen) atoms. The van der Waals surface area contributed by atoms with Crippen LogP contribution in [0.5, 0.6) is 11.5 Å². The SMILES string of the molecule is COc1ccc(CC(C)(C)C(=O)O)cc1OC1CCSC1. The first kappa shape index (κ1) is 16.0. The lowest BCUT2D eigenvalue weighted by Crippen LogP contribution is -2.26. The van der Waals surface area contributed by atoms with Crippen molar-refractivity contribution in [2.75, 3.05) is 18.6 Å². The second-order valence-electron chi connectivity index (χ2n) is 5.95. The Morgan fingerprint density at radius 2 is 2.19 bits per heavy atom. The van der Waals surface area contributed by atoms with Crippen LogP contribution >= 0.6 is 11.8 Å². The predicted octanol–water partition coefficient (Wildman–Crippen LogP) is 3.23. The molecule has 1 N–H and O–H groups in total. The van der Waals surface area contributed by atoms with Crippen molar-refractivity contribution in [3.8, 4) is 11.5 Å². The molecule has 0 aliphatic carbocycles. The summed E-state index contributed by atoms with van der Waals surface area (Å²) in [6.07, 6.45) is 1.72. The molecule has 1 aromatic rings. The topological polar surface area (TPSA) is 55.8 Å². The summed E-state index contributed by atoms with van der Waals surface area (Å²) in [5.74, 6) is 2.73. The summed E-state index contributed by atoms with van der Waals surface area (Å²) in [5.41, 5.74) is 0.151. The first-order chi connectivity index (χ1) is 9.92. The van der Waals surface area contributed by atoms with E-state index in [2.05, 4.69) is 0 Å². The minimum absolute atomic E-state index is 0.214. The van der Waals surface area contributed by atoms with Crippen molar-refractivity contribution < 1.29 is 19.4 Å². The molecule has 1 unspecified atom stereocenters. The molecule has 0 saturated carbocycles. The van der Waals surface area contributed by atoms with Crippen LogP contribution in [0.4, 0.5) is 0 Å². The second-order valence-corrected chi connectivity index (χ2v) is 7.10. The molecule has 4 nitrogen and oxygen atoms in total. The van der Waals surface area contributed by atoms with E-state index in [0.29, 0.717) is 17.9 Å². The van der Waals surface area contributed by atoms with Gasteiger partial charge in [0, 0.05) is 5.75 Å². The monoisotopic (exact) mass is 310 g/mol. The summed E-state index contributed by atoms with van der Waals surface area (Å²) in [6.45, 7) is 3.46. The van der Waals surface area contributed by atoms with E-state index in [1.165, 1.54) is 0 Å². The van der Waals surface area contributed by atoms with Crippen molar-refractivity contribution in [3.63, 3.8) is 0 Å². The van der Waals surface area contributed by atoms with Crippen molar-refractivity contribution >= 4 is 17.7 Å². The Morgan fingerprint density at radius 3 is 2.76 bits per heavy atom. The van der Waals surface area contributed by atoms with E-state index in [4.69, 9.17) is 9.47 Å². The maximum absolute atomic E-state index is 11.3. The summed E-state index contributed by atoms with van der Waals surface area (Å²) in [6, 6.07) is 5.66. The van der Waals surface area contributed by atoms with Crippen molar-refractivity contribution in [2.45, 2.75) is 32.8 Å². The summed E-state index contributed by atoms with van der Waals surface area (Å²) >= 11 is 1.89. The average molecular weight is 310 g/mol. The summed E-state index contributed by atoms with van der Waals surface area (Å²) in [7, 11) is 1.62. The third kappa shape index (κ3) is 4.06. The number of rotatable bonds is 6. The van der Waals surface area contributed by atoms with Crippen LogP contribution in [0.25, 0.3) is 0 Å². The van der Waals surface area contributed by atoms with Gasteiger partial charge in [-0.05, 0) is 50.1 Å². The zero-order valence-electron chi connectivity index (χ0n) is 12.7. The first-order valence-electron chi connectivity index (χ1n) is 7.07. The predicted molar refractivity (Wildman–Crippen MR) is 84.5 cm³/mol. The highest BCUT2D eigenvalue weighted by molar-refractivity contribution is 7.99. The van der Waals surface area contributed by atoms with Crippen LogP contribution in [-0.4, -0.2) is 35.8 Å². The van der Waals surface area contributed by atoms with Crippen LogP contribution in [0.2, 0.25) is 0 Å². The number of carbonyl (C=O) groups is 1. The van der Waals surface area contributed by atoms with Crippen LogP contribution in [0, 0.1) is 5.41 Å². The lowest BCUT2D eigenvalue weighted by Gasteiger charge is -2.21. The van der Waals surface area contributed by atoms with Gasteiger partial charge in [0.15, 0.2) is 11.5 Å². The molecule has 0 bridgehead atoms. The van der Waals surface area contributed by atoms with Gasteiger partial charge < -0.3 is 14.6 Å². The fraction of sp³-hybridized carbons (Fsp3) is 0.562. The Hall–Kier alpha value is -1.36. The molecule has 1 saturated heterocycles. The van der Waals surface area contributed by atoms with Crippen molar-refractivity contribution in [1.82, 2.24) is 0 Å². The van der Waals surface area contributed by atoms with Gasteiger partial charge in [0.05, 0.1) is 12.5 Å². The number of thioether (sulfide) groups is 1. The third-order valence-electron chi connectivity index (χ3n) is 3.63. The Kier molecular flexibility index (Phi) is 5.04. The van der Waals surface area contributed by atoms with E-state index in [1.807, 2.05) is 30.0 Å². The molecule has 1 aromatic carbocycles. The zero-order valence-corrected chi connectivity index (χ0v) is 13.5. The fourth-order valence-electron chi connectivity index (χ4n) is 2.29. The van der Waals surface area contributed by atoms with Gasteiger partial charge in [0.1, 0.15) is 6.10 Å². The number of carboxylic acids is 1. The van der Waals surface area contributed by atoms with Crippen LogP contribution in [0.1, 0.15) is 25.8 Å². The van der Waals surface area contributed by atoms with E-state index in [0.717, 1.165) is 23.5 Å². The molecule has 2 rings (SSSR count). The molecule has 1 aliphatic heterocycles. The summed E-state index contributed by atoms with van der Waals surface area (Å²) in [5, 5.41) is 9.24. The van der Waals surface area contributed by atoms with E-state index < -0.39 is 11.4 Å². The highest BCUT2D eigenvalue weighted by Gasteiger charge is 2.28. The Bertz CT molecular complexity index is 507. The molecule has 1 aliphatic rings. The molecule has 0 amide bonds. The lowest BCUT2D eigenvalue weighted by atomic mass is 9.86. The van der Waals surface area contributed by atoms with Gasteiger partial charge in [-0.25, -0.2) is 0 Å². The van der Waals surface area contributed by atoms with E-state index in [9.17, 15) is 9.90 Å². The van der Waals surface area contributed by atoms with Gasteiger partial charge in [-0.3, -0.25) is 4.79 Å². The molecule has 0 spiro atoms. The van der Waals surface area contributed by atoms with Gasteiger partial charge in [0.25, 0.3) is 0 Å². The summed E-state index contributed by atoms with van der Waals surface area (Å²) < 4.78 is 11.4. The van der Waals surface area contributed by atoms with Gasteiger partial charge in [-0.15, -0.1) is 0 Å². The van der Waals surface area contributed by atoms with Crippen LogP contribution in [-0.2, 0) is 11.2 Å². The second kappa shape index (κ2) is 6.60. The average Bonchev–Trinajstić information content (AvgIpc) is 2.91. The smallest absolute Gasteiger partial charge is 0.309 e. The molecule has 1 heterocycles. The molecule has 116 valence electrons. The molecular formula is C16H22O4S. The molecule has 0 radical (unpaired) electrons. The van der Waals surface area contributed by atoms with Gasteiger partial charge in [-0.2, -0.15) is 11.8 Å². The number of benzene rings is 1. The Balaban J connectivity index is 2.18. The third-order valence-corrected chi connectivity index (χ3v) is 4.77. The highest BCUT2D eigenvalue weighted by Crippen LogP contribution is 2.33. The number of ether oxygens (including phenoxy) is 2. The van der Waals surface area contributed by atoms with E-state index in [1.54, 1.807) is 21.0 Å². The molecule has 1 fully saturated rings. The Labute approximate surface area is 129 Å². The number of aliphatic carboxylic acids is 1. The largest absolute Gasteiger partial charge is 0.493 e. The number of methoxy groups -OCH3 is 1. The normalized spacial score (nSPS) is 18.5. The summed E-state index contributed by atoms with van der Waals surface area (Å²) in [4.78, 5) is 11.3. The minimum Gasteiger partial charge on any atom is -0.493 e. The van der Waals surface area contributed by atoms with Crippen LogP contribution in [0.3, 0.4) is 0 Å². The van der Waals surface area contributed by atoms with E-state index in [-0.39, 0.29) is 6.10 Å². The first-order valence-corrected chi connectivity index (χ1v) is 8.22. The maximum Gasteiger partial charge on any atom is 0.309 e. The van der Waals surface area contributed by atoms with Crippen molar-refractivity contribution in [2.24, 2.45) is 5.41 Å². The molecule has 5 heteroatoms. The number of hydrogen-bond donors (Lipinski definition) is 1. The standard InChI is InChI=1S/C16H22O4S/c1-16(2,15(17)18)9-11-4-5-13(19-3)14(8-11)20-12-6-7-21-10-12/h4-5,8,12H,6-7,9-10H2,1-3H3,(H,17,18). The Morgan fingerprint density at radius 1 is 1.43 bits per heavy atom. The van der Waals surface area contributed by atoms with Gasteiger partial charge in [0.2, 0.25) is 0 Å². The van der Waals surface area contributed by atoms with Gasteiger partial charge in [-0.1, -0.05) is 6.07 Å². The quantitative estimate of drug-likeness (QED) is 0.874. The molecular weight excluding hydrogens is 288 g/mol. The van der Waals surface area contributed by atoms with Crippen LogP contribution < -0.4 is 9.47 Å². The fourth-order valence-corrected chi connectivity index (χ4v) is 3.39. The molecule has 0 aromatic heterocycles. The highest BCUT2D eigenvalue weighted by atomic mass is 32.2. The van der Waals surface area contributed by atoms with E-state index >= 15 is 0 Å². The number of carboxylic acid groups (broad SMARTS) is 1. The maximum atomic E-state index is 11.3. The van der Waals surface area contributed by atoms with Crippen molar-refractivity contribution in [1.29, 1.82) is 0 Å².